The van der Waals surface area contributed by atoms with Gasteiger partial charge in [-0.25, -0.2) is 4.39 Å². The van der Waals surface area contributed by atoms with Crippen molar-refractivity contribution < 1.29 is 19.0 Å². The Kier molecular flexibility index (Phi) is 5.12. The number of aromatic nitrogens is 1. The standard InChI is InChI=1S/C28H29FN4O3/c1-17-32(14-13-31-11-4-5-12-31)27(35)28(2)16-20-23-21(9-10-22(36-3)24(23)29)30-25(20)26(33(17)28)18-7-6-8-19(34)15-18/h4-10,15,26,30,34H,1,11-14,16H2,2-3H3/t26-,28+/m1/s1. The summed E-state index contributed by atoms with van der Waals surface area (Å²) in [6.07, 6.45) is 4.58. The van der Waals surface area contributed by atoms with Gasteiger partial charge in [0.15, 0.2) is 11.6 Å². The van der Waals surface area contributed by atoms with Crippen LogP contribution in [0.1, 0.15) is 29.8 Å². The molecule has 6 rings (SSSR count). The van der Waals surface area contributed by atoms with E-state index < -0.39 is 17.4 Å². The molecular formula is C28H29FN4O3. The van der Waals surface area contributed by atoms with E-state index in [1.54, 1.807) is 35.2 Å². The molecule has 36 heavy (non-hydrogen) atoms. The van der Waals surface area contributed by atoms with Gasteiger partial charge in [-0.15, -0.1) is 0 Å². The number of amides is 1. The van der Waals surface area contributed by atoms with Gasteiger partial charge in [-0.1, -0.05) is 30.9 Å². The van der Waals surface area contributed by atoms with Crippen LogP contribution in [0.25, 0.3) is 10.9 Å². The molecule has 2 atom stereocenters. The predicted molar refractivity (Wildman–Crippen MR) is 135 cm³/mol. The van der Waals surface area contributed by atoms with E-state index >= 15 is 4.39 Å². The van der Waals surface area contributed by atoms with Crippen LogP contribution in [-0.4, -0.2) is 69.5 Å². The Morgan fingerprint density at radius 2 is 2.00 bits per heavy atom. The van der Waals surface area contributed by atoms with Crippen molar-refractivity contribution in [1.82, 2.24) is 19.7 Å². The van der Waals surface area contributed by atoms with E-state index in [0.29, 0.717) is 29.7 Å². The van der Waals surface area contributed by atoms with Crippen molar-refractivity contribution in [2.24, 2.45) is 0 Å². The molecule has 1 saturated heterocycles. The van der Waals surface area contributed by atoms with Crippen molar-refractivity contribution >= 4 is 16.8 Å². The van der Waals surface area contributed by atoms with Gasteiger partial charge < -0.3 is 19.7 Å². The number of hydrogen-bond acceptors (Lipinski definition) is 5. The Bertz CT molecular complexity index is 1420. The van der Waals surface area contributed by atoms with Crippen molar-refractivity contribution in [2.45, 2.75) is 24.9 Å². The van der Waals surface area contributed by atoms with E-state index in [-0.39, 0.29) is 17.4 Å². The summed E-state index contributed by atoms with van der Waals surface area (Å²) in [6, 6.07) is 9.94. The molecule has 0 aliphatic carbocycles. The first-order chi connectivity index (χ1) is 17.3. The zero-order valence-corrected chi connectivity index (χ0v) is 20.4. The smallest absolute Gasteiger partial charge is 0.254 e. The summed E-state index contributed by atoms with van der Waals surface area (Å²) >= 11 is 0. The number of methoxy groups -OCH3 is 1. The SMILES string of the molecule is C=C1N(CCN2CC=CC2)C(=O)[C@]2(C)Cc3c([nH]c4ccc(OC)c(F)c34)[C@@H](c3cccc(O)c3)N12. The molecule has 2 aromatic carbocycles. The molecule has 7 nitrogen and oxygen atoms in total. The third-order valence-corrected chi connectivity index (χ3v) is 7.82. The van der Waals surface area contributed by atoms with Crippen LogP contribution in [0.4, 0.5) is 4.39 Å². The summed E-state index contributed by atoms with van der Waals surface area (Å²) in [7, 11) is 1.44. The lowest BCUT2D eigenvalue weighted by atomic mass is 9.81. The quantitative estimate of drug-likeness (QED) is 0.533. The molecule has 4 heterocycles. The number of nitrogens with one attached hydrogen (secondary N) is 1. The summed E-state index contributed by atoms with van der Waals surface area (Å²) < 4.78 is 20.8. The number of fused-ring (bicyclic) bond motifs is 4. The third-order valence-electron chi connectivity index (χ3n) is 7.82. The summed E-state index contributed by atoms with van der Waals surface area (Å²) in [5, 5.41) is 10.7. The number of rotatable bonds is 5. The van der Waals surface area contributed by atoms with Crippen LogP contribution < -0.4 is 4.74 Å². The monoisotopic (exact) mass is 488 g/mol. The highest BCUT2D eigenvalue weighted by molar-refractivity contribution is 5.94. The van der Waals surface area contributed by atoms with Gasteiger partial charge in [0.25, 0.3) is 5.91 Å². The highest BCUT2D eigenvalue weighted by atomic mass is 19.1. The summed E-state index contributed by atoms with van der Waals surface area (Å²) in [5.41, 5.74) is 2.01. The lowest BCUT2D eigenvalue weighted by molar-refractivity contribution is -0.133. The minimum absolute atomic E-state index is 0.0480. The summed E-state index contributed by atoms with van der Waals surface area (Å²) in [4.78, 5) is 23.5. The Morgan fingerprint density at radius 3 is 2.72 bits per heavy atom. The van der Waals surface area contributed by atoms with Gasteiger partial charge in [0.1, 0.15) is 17.1 Å². The van der Waals surface area contributed by atoms with Crippen molar-refractivity contribution in [2.75, 3.05) is 33.3 Å². The van der Waals surface area contributed by atoms with E-state index in [1.807, 2.05) is 17.9 Å². The molecule has 2 N–H and O–H groups in total. The fraction of sp³-hybridized carbons (Fsp3) is 0.321. The Balaban J connectivity index is 1.50. The van der Waals surface area contributed by atoms with E-state index in [4.69, 9.17) is 4.74 Å². The van der Waals surface area contributed by atoms with E-state index in [2.05, 4.69) is 28.6 Å². The summed E-state index contributed by atoms with van der Waals surface area (Å²) in [6.45, 7) is 9.27. The lowest BCUT2D eigenvalue weighted by Crippen LogP contribution is -2.52. The first-order valence-electron chi connectivity index (χ1n) is 12.2. The van der Waals surface area contributed by atoms with Crippen LogP contribution in [0.2, 0.25) is 0 Å². The number of phenols is 1. The zero-order chi connectivity index (χ0) is 25.2. The van der Waals surface area contributed by atoms with E-state index in [9.17, 15) is 9.90 Å². The molecule has 0 radical (unpaired) electrons. The number of hydrogen-bond donors (Lipinski definition) is 2. The maximum Gasteiger partial charge on any atom is 0.254 e. The number of H-pyrrole nitrogens is 1. The Labute approximate surface area is 209 Å². The van der Waals surface area contributed by atoms with Gasteiger partial charge in [0, 0.05) is 49.2 Å². The number of carbonyl (C=O) groups excluding carboxylic acids is 1. The molecule has 3 aliphatic heterocycles. The molecule has 186 valence electrons. The van der Waals surface area contributed by atoms with Crippen LogP contribution in [0, 0.1) is 5.82 Å². The molecule has 0 saturated carbocycles. The fourth-order valence-electron chi connectivity index (χ4n) is 6.07. The molecule has 1 amide bonds. The van der Waals surface area contributed by atoms with Gasteiger partial charge in [-0.3, -0.25) is 14.6 Å². The molecule has 0 unspecified atom stereocenters. The molecule has 0 spiro atoms. The van der Waals surface area contributed by atoms with Crippen LogP contribution in [0.15, 0.2) is 61.0 Å². The van der Waals surface area contributed by atoms with Crippen LogP contribution >= 0.6 is 0 Å². The number of halogens is 1. The fourth-order valence-corrected chi connectivity index (χ4v) is 6.07. The second kappa shape index (κ2) is 8.13. The molecular weight excluding hydrogens is 459 g/mol. The minimum atomic E-state index is -0.964. The van der Waals surface area contributed by atoms with Crippen LogP contribution in [0.5, 0.6) is 11.5 Å². The van der Waals surface area contributed by atoms with Gasteiger partial charge in [-0.05, 0) is 42.3 Å². The van der Waals surface area contributed by atoms with Crippen molar-refractivity contribution in [1.29, 1.82) is 0 Å². The van der Waals surface area contributed by atoms with Gasteiger partial charge in [-0.2, -0.15) is 0 Å². The van der Waals surface area contributed by atoms with Crippen LogP contribution in [-0.2, 0) is 11.2 Å². The van der Waals surface area contributed by atoms with Gasteiger partial charge in [0.2, 0.25) is 0 Å². The average Bonchev–Trinajstić information content (AvgIpc) is 3.54. The zero-order valence-electron chi connectivity index (χ0n) is 20.4. The number of aromatic hydroxyl groups is 1. The molecule has 3 aromatic rings. The molecule has 1 fully saturated rings. The highest BCUT2D eigenvalue weighted by Crippen LogP contribution is 2.51. The summed E-state index contributed by atoms with van der Waals surface area (Å²) in [5.74, 6) is 0.411. The first kappa shape index (κ1) is 22.7. The van der Waals surface area contributed by atoms with Crippen molar-refractivity contribution in [3.63, 3.8) is 0 Å². The van der Waals surface area contributed by atoms with E-state index in [1.165, 1.54) is 7.11 Å². The van der Waals surface area contributed by atoms with Gasteiger partial charge in [0.05, 0.1) is 13.2 Å². The minimum Gasteiger partial charge on any atom is -0.508 e. The lowest BCUT2D eigenvalue weighted by Gasteiger charge is -2.44. The van der Waals surface area contributed by atoms with E-state index in [0.717, 1.165) is 36.5 Å². The van der Waals surface area contributed by atoms with Crippen LogP contribution in [0.3, 0.4) is 0 Å². The maximum absolute atomic E-state index is 15.6. The van der Waals surface area contributed by atoms with Gasteiger partial charge >= 0.3 is 0 Å². The molecule has 3 aliphatic rings. The Hall–Kier alpha value is -3.78. The predicted octanol–water partition coefficient (Wildman–Crippen LogP) is 3.91. The first-order valence-corrected chi connectivity index (χ1v) is 12.2. The van der Waals surface area contributed by atoms with Crippen molar-refractivity contribution in [3.8, 4) is 11.5 Å². The number of ether oxygens (including phenoxy) is 1. The second-order valence-corrected chi connectivity index (χ2v) is 9.94. The molecule has 1 aromatic heterocycles. The number of benzene rings is 2. The number of carbonyl (C=O) groups is 1. The normalized spacial score (nSPS) is 23.6. The highest BCUT2D eigenvalue weighted by Gasteiger charge is 2.57. The topological polar surface area (TPSA) is 72.0 Å². The second-order valence-electron chi connectivity index (χ2n) is 9.94. The Morgan fingerprint density at radius 1 is 1.22 bits per heavy atom. The molecule has 0 bridgehead atoms. The third kappa shape index (κ3) is 3.17. The average molecular weight is 489 g/mol. The molecule has 8 heteroatoms. The largest absolute Gasteiger partial charge is 0.508 e. The maximum atomic E-state index is 15.6. The number of phenolic OH excluding ortho intramolecular Hbond substituents is 1. The van der Waals surface area contributed by atoms with Crippen molar-refractivity contribution in [3.05, 3.63) is 83.6 Å². The number of aromatic amines is 1. The number of nitrogens with zero attached hydrogens (tertiary/aromatic N) is 3.